The number of aryl methyl sites for hydroxylation is 1. The smallest absolute Gasteiger partial charge is 0.157 e. The number of hydrogen-bond acceptors (Lipinski definition) is 6. The first-order valence-electron chi connectivity index (χ1n) is 6.16. The molecule has 5 N–H and O–H groups in total. The van der Waals surface area contributed by atoms with E-state index in [0.29, 0.717) is 0 Å². The molecule has 2 rings (SSSR count). The van der Waals surface area contributed by atoms with Crippen molar-refractivity contribution in [1.82, 2.24) is 0 Å². The van der Waals surface area contributed by atoms with Crippen LogP contribution in [0.4, 0.5) is 5.69 Å². The second kappa shape index (κ2) is 5.85. The third kappa shape index (κ3) is 3.05. The Kier molecular flexibility index (Phi) is 4.38. The number of aliphatic hydroxyl groups excluding tert-OH is 4. The van der Waals surface area contributed by atoms with Gasteiger partial charge in [-0.25, -0.2) is 0 Å². The minimum absolute atomic E-state index is 0.434. The van der Waals surface area contributed by atoms with Crippen LogP contribution in [0.3, 0.4) is 0 Å². The van der Waals surface area contributed by atoms with E-state index in [9.17, 15) is 15.3 Å². The molecular weight excluding hydrogens is 250 g/mol. The molecular formula is C13H19NO5. The highest BCUT2D eigenvalue weighted by atomic mass is 16.6. The van der Waals surface area contributed by atoms with Gasteiger partial charge in [0, 0.05) is 5.69 Å². The van der Waals surface area contributed by atoms with Crippen LogP contribution in [0.25, 0.3) is 0 Å². The van der Waals surface area contributed by atoms with Crippen molar-refractivity contribution in [3.63, 3.8) is 0 Å². The summed E-state index contributed by atoms with van der Waals surface area (Å²) in [4.78, 5) is 0. The summed E-state index contributed by atoms with van der Waals surface area (Å²) < 4.78 is 5.34. The summed E-state index contributed by atoms with van der Waals surface area (Å²) in [6, 6.07) is 7.42. The van der Waals surface area contributed by atoms with Crippen molar-refractivity contribution >= 4 is 5.69 Å². The standard InChI is InChI=1S/C13H19NO5/c1-7-2-4-8(5-3-7)14-13-12(18)11(17)10(16)9(6-15)19-13/h2-5,9-18H,6H2,1H3/t9-,10+,11+,12-,13-/m0/s1. The number of anilines is 1. The Morgan fingerprint density at radius 3 is 2.26 bits per heavy atom. The van der Waals surface area contributed by atoms with Gasteiger partial charge in [-0.3, -0.25) is 0 Å². The van der Waals surface area contributed by atoms with Gasteiger partial charge in [0.05, 0.1) is 6.61 Å². The van der Waals surface area contributed by atoms with Crippen molar-refractivity contribution in [2.75, 3.05) is 11.9 Å². The lowest BCUT2D eigenvalue weighted by atomic mass is 9.98. The van der Waals surface area contributed by atoms with Crippen LogP contribution in [0.5, 0.6) is 0 Å². The van der Waals surface area contributed by atoms with Crippen molar-refractivity contribution in [1.29, 1.82) is 0 Å². The van der Waals surface area contributed by atoms with Crippen molar-refractivity contribution in [2.24, 2.45) is 0 Å². The van der Waals surface area contributed by atoms with Gasteiger partial charge in [-0.1, -0.05) is 17.7 Å². The molecule has 1 heterocycles. The molecule has 0 spiro atoms. The lowest BCUT2D eigenvalue weighted by Crippen LogP contribution is -2.60. The average Bonchev–Trinajstić information content (AvgIpc) is 2.42. The van der Waals surface area contributed by atoms with Crippen LogP contribution in [0, 0.1) is 6.92 Å². The number of nitrogens with one attached hydrogen (secondary N) is 1. The molecule has 1 aliphatic rings. The summed E-state index contributed by atoms with van der Waals surface area (Å²) in [6.45, 7) is 1.52. The van der Waals surface area contributed by atoms with E-state index < -0.39 is 37.3 Å². The van der Waals surface area contributed by atoms with Crippen molar-refractivity contribution in [3.8, 4) is 0 Å². The Labute approximate surface area is 111 Å². The van der Waals surface area contributed by atoms with Gasteiger partial charge in [0.1, 0.15) is 24.4 Å². The Morgan fingerprint density at radius 2 is 1.68 bits per heavy atom. The normalized spacial score (nSPS) is 35.1. The Balaban J connectivity index is 2.08. The second-order valence-electron chi connectivity index (χ2n) is 4.76. The fourth-order valence-corrected chi connectivity index (χ4v) is 2.03. The molecule has 6 heteroatoms. The van der Waals surface area contributed by atoms with Gasteiger partial charge in [0.25, 0.3) is 0 Å². The van der Waals surface area contributed by atoms with Crippen LogP contribution in [-0.4, -0.2) is 57.7 Å². The molecule has 0 bridgehead atoms. The summed E-state index contributed by atoms with van der Waals surface area (Å²) in [7, 11) is 0. The van der Waals surface area contributed by atoms with Crippen LogP contribution in [0.1, 0.15) is 5.56 Å². The van der Waals surface area contributed by atoms with Crippen molar-refractivity contribution in [3.05, 3.63) is 29.8 Å². The topological polar surface area (TPSA) is 102 Å². The Hall–Kier alpha value is -1.18. The average molecular weight is 269 g/mol. The molecule has 6 nitrogen and oxygen atoms in total. The van der Waals surface area contributed by atoms with Crippen LogP contribution in [0.15, 0.2) is 24.3 Å². The molecule has 5 atom stereocenters. The molecule has 0 amide bonds. The summed E-state index contributed by atoms with van der Waals surface area (Å²) in [5, 5.41) is 41.2. The lowest BCUT2D eigenvalue weighted by Gasteiger charge is -2.40. The zero-order valence-corrected chi connectivity index (χ0v) is 10.6. The van der Waals surface area contributed by atoms with Crippen molar-refractivity contribution < 1.29 is 25.2 Å². The number of hydrogen-bond donors (Lipinski definition) is 5. The van der Waals surface area contributed by atoms with E-state index in [1.54, 1.807) is 0 Å². The Morgan fingerprint density at radius 1 is 1.05 bits per heavy atom. The zero-order valence-electron chi connectivity index (χ0n) is 10.6. The van der Waals surface area contributed by atoms with Crippen molar-refractivity contribution in [2.45, 2.75) is 37.6 Å². The van der Waals surface area contributed by atoms with Crippen LogP contribution in [-0.2, 0) is 4.74 Å². The van der Waals surface area contributed by atoms with Gasteiger partial charge in [-0.05, 0) is 19.1 Å². The summed E-state index contributed by atoms with van der Waals surface area (Å²) in [6.07, 6.45) is -5.77. The molecule has 0 aromatic heterocycles. The van der Waals surface area contributed by atoms with Gasteiger partial charge in [0.15, 0.2) is 6.23 Å². The summed E-state index contributed by atoms with van der Waals surface area (Å²) in [5.74, 6) is 0. The molecule has 0 saturated carbocycles. The molecule has 106 valence electrons. The lowest BCUT2D eigenvalue weighted by molar-refractivity contribution is -0.221. The number of aliphatic hydroxyl groups is 4. The van der Waals surface area contributed by atoms with E-state index in [0.717, 1.165) is 11.3 Å². The van der Waals surface area contributed by atoms with Gasteiger partial charge in [0.2, 0.25) is 0 Å². The number of ether oxygens (including phenoxy) is 1. The minimum atomic E-state index is -1.37. The molecule has 1 aliphatic heterocycles. The quantitative estimate of drug-likeness (QED) is 0.493. The van der Waals surface area contributed by atoms with Gasteiger partial charge >= 0.3 is 0 Å². The van der Waals surface area contributed by atoms with E-state index in [2.05, 4.69) is 5.32 Å². The fraction of sp³-hybridized carbons (Fsp3) is 0.538. The van der Waals surface area contributed by atoms with E-state index in [4.69, 9.17) is 9.84 Å². The first-order valence-corrected chi connectivity index (χ1v) is 6.16. The maximum Gasteiger partial charge on any atom is 0.157 e. The van der Waals surface area contributed by atoms with E-state index in [-0.39, 0.29) is 0 Å². The SMILES string of the molecule is Cc1ccc(N[C@H]2O[C@@H](CO)[C@@H](O)[C@@H](O)[C@@H]2O)cc1. The van der Waals surface area contributed by atoms with Crippen LogP contribution >= 0.6 is 0 Å². The largest absolute Gasteiger partial charge is 0.394 e. The summed E-state index contributed by atoms with van der Waals surface area (Å²) >= 11 is 0. The van der Waals surface area contributed by atoms with E-state index in [1.165, 1.54) is 0 Å². The monoisotopic (exact) mass is 269 g/mol. The maximum atomic E-state index is 9.86. The third-order valence-electron chi connectivity index (χ3n) is 3.25. The zero-order chi connectivity index (χ0) is 14.0. The first kappa shape index (κ1) is 14.2. The van der Waals surface area contributed by atoms with E-state index in [1.807, 2.05) is 31.2 Å². The van der Waals surface area contributed by atoms with E-state index >= 15 is 0 Å². The van der Waals surface area contributed by atoms with Crippen LogP contribution < -0.4 is 5.32 Å². The molecule has 0 radical (unpaired) electrons. The molecule has 1 aromatic carbocycles. The van der Waals surface area contributed by atoms with Crippen LogP contribution in [0.2, 0.25) is 0 Å². The molecule has 1 fully saturated rings. The highest BCUT2D eigenvalue weighted by Crippen LogP contribution is 2.22. The third-order valence-corrected chi connectivity index (χ3v) is 3.25. The predicted molar refractivity (Wildman–Crippen MR) is 68.6 cm³/mol. The predicted octanol–water partition coefficient (Wildman–Crippen LogP) is -0.793. The molecule has 1 aromatic rings. The molecule has 0 aliphatic carbocycles. The van der Waals surface area contributed by atoms with Gasteiger partial charge in [-0.2, -0.15) is 0 Å². The highest BCUT2D eigenvalue weighted by molar-refractivity contribution is 5.45. The number of benzene rings is 1. The van der Waals surface area contributed by atoms with Gasteiger partial charge in [-0.15, -0.1) is 0 Å². The second-order valence-corrected chi connectivity index (χ2v) is 4.76. The number of rotatable bonds is 3. The van der Waals surface area contributed by atoms with Gasteiger partial charge < -0.3 is 30.5 Å². The molecule has 1 saturated heterocycles. The Bertz CT molecular complexity index is 408. The highest BCUT2D eigenvalue weighted by Gasteiger charge is 2.43. The first-order chi connectivity index (χ1) is 9.02. The molecule has 0 unspecified atom stereocenters. The fourth-order valence-electron chi connectivity index (χ4n) is 2.03. The molecule has 19 heavy (non-hydrogen) atoms. The maximum absolute atomic E-state index is 9.86. The summed E-state index contributed by atoms with van der Waals surface area (Å²) in [5.41, 5.74) is 1.81. The minimum Gasteiger partial charge on any atom is -0.394 e.